The number of hydrogen-bond acceptors (Lipinski definition) is 4. The molecule has 18 heavy (non-hydrogen) atoms. The minimum atomic E-state index is -0.223. The van der Waals surface area contributed by atoms with Crippen molar-refractivity contribution in [3.8, 4) is 0 Å². The highest BCUT2D eigenvalue weighted by Gasteiger charge is 2.27. The van der Waals surface area contributed by atoms with E-state index in [9.17, 15) is 5.11 Å². The van der Waals surface area contributed by atoms with Gasteiger partial charge in [-0.15, -0.1) is 0 Å². The SMILES string of the molecule is Cc1ccnc(N2CCC(O)C(C)C2)c1C(N)=S. The van der Waals surface area contributed by atoms with Crippen LogP contribution in [0, 0.1) is 12.8 Å². The van der Waals surface area contributed by atoms with Crippen LogP contribution in [0.3, 0.4) is 0 Å². The third-order valence-corrected chi connectivity index (χ3v) is 3.75. The maximum absolute atomic E-state index is 9.78. The third-order valence-electron chi connectivity index (χ3n) is 3.55. The van der Waals surface area contributed by atoms with Crippen LogP contribution in [-0.4, -0.2) is 34.3 Å². The molecular formula is C13H19N3OS. The molecule has 0 saturated carbocycles. The van der Waals surface area contributed by atoms with Crippen LogP contribution in [0.4, 0.5) is 5.82 Å². The molecule has 1 aromatic rings. The Labute approximate surface area is 113 Å². The zero-order valence-corrected chi connectivity index (χ0v) is 11.6. The molecule has 98 valence electrons. The summed E-state index contributed by atoms with van der Waals surface area (Å²) in [4.78, 5) is 6.97. The lowest BCUT2D eigenvalue weighted by Gasteiger charge is -2.36. The molecule has 0 aliphatic carbocycles. The molecule has 0 spiro atoms. The topological polar surface area (TPSA) is 62.4 Å². The lowest BCUT2D eigenvalue weighted by atomic mass is 9.96. The summed E-state index contributed by atoms with van der Waals surface area (Å²) in [6.07, 6.45) is 2.31. The van der Waals surface area contributed by atoms with Crippen molar-refractivity contribution in [1.29, 1.82) is 0 Å². The molecule has 2 unspecified atom stereocenters. The minimum absolute atomic E-state index is 0.223. The number of piperidine rings is 1. The lowest BCUT2D eigenvalue weighted by Crippen LogP contribution is -2.43. The van der Waals surface area contributed by atoms with Crippen molar-refractivity contribution in [1.82, 2.24) is 4.98 Å². The first-order chi connectivity index (χ1) is 8.50. The largest absolute Gasteiger partial charge is 0.393 e. The molecule has 0 aromatic carbocycles. The van der Waals surface area contributed by atoms with E-state index in [1.54, 1.807) is 6.20 Å². The van der Waals surface area contributed by atoms with Crippen molar-refractivity contribution in [3.63, 3.8) is 0 Å². The van der Waals surface area contributed by atoms with Crippen LogP contribution in [0.5, 0.6) is 0 Å². The normalized spacial score (nSPS) is 24.1. The standard InChI is InChI=1S/C13H19N3OS/c1-8-3-5-15-13(11(8)12(14)18)16-6-4-10(17)9(2)7-16/h3,5,9-10,17H,4,6-7H2,1-2H3,(H2,14,18). The van der Waals surface area contributed by atoms with Gasteiger partial charge in [-0.25, -0.2) is 4.98 Å². The Morgan fingerprint density at radius 2 is 2.33 bits per heavy atom. The van der Waals surface area contributed by atoms with Crippen molar-refractivity contribution in [2.24, 2.45) is 11.7 Å². The maximum atomic E-state index is 9.78. The van der Waals surface area contributed by atoms with Gasteiger partial charge in [-0.05, 0) is 30.9 Å². The summed E-state index contributed by atoms with van der Waals surface area (Å²) < 4.78 is 0. The van der Waals surface area contributed by atoms with E-state index in [-0.39, 0.29) is 12.0 Å². The van der Waals surface area contributed by atoms with E-state index in [1.165, 1.54) is 0 Å². The number of aromatic nitrogens is 1. The van der Waals surface area contributed by atoms with Gasteiger partial charge in [0.05, 0.1) is 11.7 Å². The summed E-state index contributed by atoms with van der Waals surface area (Å²) >= 11 is 5.12. The Bertz CT molecular complexity index is 464. The fraction of sp³-hybridized carbons (Fsp3) is 0.538. The van der Waals surface area contributed by atoms with Crippen LogP contribution >= 0.6 is 12.2 Å². The number of rotatable bonds is 2. The van der Waals surface area contributed by atoms with E-state index >= 15 is 0 Å². The smallest absolute Gasteiger partial charge is 0.139 e. The second-order valence-corrected chi connectivity index (χ2v) is 5.41. The number of anilines is 1. The molecule has 1 aromatic heterocycles. The summed E-state index contributed by atoms with van der Waals surface area (Å²) in [7, 11) is 0. The van der Waals surface area contributed by atoms with Crippen LogP contribution in [0.15, 0.2) is 12.3 Å². The van der Waals surface area contributed by atoms with Crippen LogP contribution in [-0.2, 0) is 0 Å². The van der Waals surface area contributed by atoms with Gasteiger partial charge in [0, 0.05) is 19.3 Å². The fourth-order valence-electron chi connectivity index (χ4n) is 2.41. The molecule has 1 aliphatic rings. The predicted molar refractivity (Wildman–Crippen MR) is 76.9 cm³/mol. The van der Waals surface area contributed by atoms with Crippen LogP contribution in [0.1, 0.15) is 24.5 Å². The van der Waals surface area contributed by atoms with Crippen molar-refractivity contribution in [3.05, 3.63) is 23.4 Å². The number of pyridine rings is 1. The van der Waals surface area contributed by atoms with Crippen molar-refractivity contribution >= 4 is 23.0 Å². The second kappa shape index (κ2) is 5.20. The number of nitrogens with zero attached hydrogens (tertiary/aromatic N) is 2. The Hall–Kier alpha value is -1.20. The first-order valence-corrected chi connectivity index (χ1v) is 6.60. The predicted octanol–water partition coefficient (Wildman–Crippen LogP) is 1.23. The van der Waals surface area contributed by atoms with Gasteiger partial charge in [0.15, 0.2) is 0 Å². The van der Waals surface area contributed by atoms with Gasteiger partial charge in [-0.1, -0.05) is 19.1 Å². The molecule has 3 N–H and O–H groups in total. The zero-order valence-electron chi connectivity index (χ0n) is 10.8. The number of hydrogen-bond donors (Lipinski definition) is 2. The molecule has 0 amide bonds. The van der Waals surface area contributed by atoms with E-state index in [2.05, 4.69) is 9.88 Å². The Kier molecular flexibility index (Phi) is 3.82. The number of aliphatic hydroxyl groups excluding tert-OH is 1. The lowest BCUT2D eigenvalue weighted by molar-refractivity contribution is 0.0969. The van der Waals surface area contributed by atoms with E-state index < -0.39 is 0 Å². The average molecular weight is 265 g/mol. The minimum Gasteiger partial charge on any atom is -0.393 e. The first-order valence-electron chi connectivity index (χ1n) is 6.19. The first kappa shape index (κ1) is 13.2. The monoisotopic (exact) mass is 265 g/mol. The highest BCUT2D eigenvalue weighted by molar-refractivity contribution is 7.80. The molecule has 1 saturated heterocycles. The van der Waals surface area contributed by atoms with E-state index in [1.807, 2.05) is 19.9 Å². The summed E-state index contributed by atoms with van der Waals surface area (Å²) in [6.45, 7) is 5.61. The van der Waals surface area contributed by atoms with Crippen LogP contribution in [0.2, 0.25) is 0 Å². The number of thiocarbonyl (C=S) groups is 1. The number of nitrogens with two attached hydrogens (primary N) is 1. The summed E-state index contributed by atoms with van der Waals surface area (Å²) in [6, 6.07) is 1.92. The van der Waals surface area contributed by atoms with E-state index in [4.69, 9.17) is 18.0 Å². The van der Waals surface area contributed by atoms with Gasteiger partial charge in [-0.2, -0.15) is 0 Å². The maximum Gasteiger partial charge on any atom is 0.139 e. The Morgan fingerprint density at radius 3 is 2.94 bits per heavy atom. The molecule has 1 fully saturated rings. The number of aryl methyl sites for hydroxylation is 1. The molecule has 2 heterocycles. The Balaban J connectivity index is 2.34. The molecule has 0 bridgehead atoms. The quantitative estimate of drug-likeness (QED) is 0.788. The number of aliphatic hydroxyl groups is 1. The molecule has 1 aliphatic heterocycles. The zero-order chi connectivity index (χ0) is 13.3. The van der Waals surface area contributed by atoms with E-state index in [0.29, 0.717) is 4.99 Å². The van der Waals surface area contributed by atoms with E-state index in [0.717, 1.165) is 36.5 Å². The van der Waals surface area contributed by atoms with Gasteiger partial charge < -0.3 is 15.7 Å². The van der Waals surface area contributed by atoms with Crippen LogP contribution < -0.4 is 10.6 Å². The molecule has 5 heteroatoms. The summed E-state index contributed by atoms with van der Waals surface area (Å²) in [5.41, 5.74) is 7.70. The van der Waals surface area contributed by atoms with Gasteiger partial charge in [0.1, 0.15) is 10.8 Å². The van der Waals surface area contributed by atoms with Crippen molar-refractivity contribution in [2.75, 3.05) is 18.0 Å². The summed E-state index contributed by atoms with van der Waals surface area (Å²) in [5, 5.41) is 9.78. The molecule has 4 nitrogen and oxygen atoms in total. The molecule has 2 rings (SSSR count). The Morgan fingerprint density at radius 1 is 1.61 bits per heavy atom. The average Bonchev–Trinajstić information content (AvgIpc) is 2.32. The molecule has 2 atom stereocenters. The van der Waals surface area contributed by atoms with Crippen LogP contribution in [0.25, 0.3) is 0 Å². The highest BCUT2D eigenvalue weighted by atomic mass is 32.1. The molecular weight excluding hydrogens is 246 g/mol. The molecule has 0 radical (unpaired) electrons. The van der Waals surface area contributed by atoms with Gasteiger partial charge in [0.2, 0.25) is 0 Å². The van der Waals surface area contributed by atoms with Gasteiger partial charge in [0.25, 0.3) is 0 Å². The third kappa shape index (κ3) is 2.47. The van der Waals surface area contributed by atoms with Gasteiger partial charge in [-0.3, -0.25) is 0 Å². The second-order valence-electron chi connectivity index (χ2n) is 4.97. The van der Waals surface area contributed by atoms with Gasteiger partial charge >= 0.3 is 0 Å². The van der Waals surface area contributed by atoms with Crippen molar-refractivity contribution in [2.45, 2.75) is 26.4 Å². The summed E-state index contributed by atoms with van der Waals surface area (Å²) in [5.74, 6) is 1.08. The fourth-order valence-corrected chi connectivity index (χ4v) is 2.67. The van der Waals surface area contributed by atoms with Crippen molar-refractivity contribution < 1.29 is 5.11 Å². The highest BCUT2D eigenvalue weighted by Crippen LogP contribution is 2.26.